The van der Waals surface area contributed by atoms with Crippen molar-refractivity contribution in [2.24, 2.45) is 12.8 Å². The van der Waals surface area contributed by atoms with Gasteiger partial charge in [0.15, 0.2) is 6.23 Å². The number of ether oxygens (including phenoxy) is 2. The number of aromatic nitrogens is 3. The van der Waals surface area contributed by atoms with Crippen LogP contribution in [0.3, 0.4) is 0 Å². The number of rotatable bonds is 5. The number of nitrogens with two attached hydrogens (primary N) is 1. The van der Waals surface area contributed by atoms with E-state index in [-0.39, 0.29) is 0 Å². The lowest BCUT2D eigenvalue weighted by molar-refractivity contribution is -0.157. The van der Waals surface area contributed by atoms with Crippen LogP contribution in [-0.2, 0) is 27.8 Å². The number of carbonyl (C=O) groups is 2. The molecule has 11 nitrogen and oxygen atoms in total. The molecule has 4 heterocycles. The van der Waals surface area contributed by atoms with E-state index >= 15 is 0 Å². The van der Waals surface area contributed by atoms with E-state index in [2.05, 4.69) is 20.3 Å². The fraction of sp³-hybridized carbons (Fsp3) is 0.391. The molecule has 1 atom stereocenters. The van der Waals surface area contributed by atoms with Gasteiger partial charge in [-0.3, -0.25) is 14.4 Å². The van der Waals surface area contributed by atoms with Crippen LogP contribution in [0.1, 0.15) is 12.5 Å². The Labute approximate surface area is 196 Å². The molecule has 1 aromatic carbocycles. The maximum atomic E-state index is 12.2. The summed E-state index contributed by atoms with van der Waals surface area (Å²) >= 11 is 0. The normalized spacial score (nSPS) is 17.6. The first-order valence-electron chi connectivity index (χ1n) is 11.3. The second-order valence-electron chi connectivity index (χ2n) is 8.28. The van der Waals surface area contributed by atoms with E-state index in [1.165, 1.54) is 0 Å². The molecule has 3 N–H and O–H groups in total. The molecule has 1 saturated heterocycles. The number of pyridine rings is 1. The van der Waals surface area contributed by atoms with Crippen LogP contribution in [0.5, 0.6) is 5.75 Å². The van der Waals surface area contributed by atoms with Crippen LogP contribution in [0.4, 0.5) is 17.2 Å². The summed E-state index contributed by atoms with van der Waals surface area (Å²) in [6.07, 6.45) is 3.21. The zero-order chi connectivity index (χ0) is 23.8. The zero-order valence-electron chi connectivity index (χ0n) is 19.2. The van der Waals surface area contributed by atoms with E-state index in [1.807, 2.05) is 43.3 Å². The van der Waals surface area contributed by atoms with Crippen LogP contribution >= 0.6 is 0 Å². The molecule has 2 aliphatic heterocycles. The van der Waals surface area contributed by atoms with Gasteiger partial charge in [0.1, 0.15) is 11.6 Å². The van der Waals surface area contributed by atoms with E-state index in [4.69, 9.17) is 15.2 Å². The molecular weight excluding hydrogens is 438 g/mol. The molecule has 1 amide bonds. The molecule has 34 heavy (non-hydrogen) atoms. The van der Waals surface area contributed by atoms with Gasteiger partial charge in [-0.1, -0.05) is 0 Å². The average molecular weight is 466 g/mol. The first-order chi connectivity index (χ1) is 16.5. The Kier molecular flexibility index (Phi) is 5.70. The van der Waals surface area contributed by atoms with E-state index in [0.717, 1.165) is 48.3 Å². The molecule has 0 radical (unpaired) electrons. The number of hydrogen-bond acceptors (Lipinski definition) is 9. The second-order valence-corrected chi connectivity index (χ2v) is 8.28. The number of esters is 1. The third-order valence-electron chi connectivity index (χ3n) is 6.06. The Bertz CT molecular complexity index is 1250. The highest BCUT2D eigenvalue weighted by Crippen LogP contribution is 2.46. The summed E-state index contributed by atoms with van der Waals surface area (Å²) in [7, 11) is 1.85. The van der Waals surface area contributed by atoms with Gasteiger partial charge in [0, 0.05) is 74.7 Å². The van der Waals surface area contributed by atoms with Crippen molar-refractivity contribution in [3.05, 3.63) is 36.2 Å². The molecule has 2 aliphatic rings. The molecule has 1 fully saturated rings. The average Bonchev–Trinajstić information content (AvgIpc) is 3.37. The number of nitrogens with one attached hydrogen (secondary N) is 1. The molecule has 2 aromatic heterocycles. The van der Waals surface area contributed by atoms with Gasteiger partial charge in [-0.25, -0.2) is 9.78 Å². The number of carbonyl (C=O) groups excluding carboxylic acids is 2. The monoisotopic (exact) mass is 465 g/mol. The lowest BCUT2D eigenvalue weighted by Gasteiger charge is -2.31. The molecule has 0 aliphatic carbocycles. The quantitative estimate of drug-likeness (QED) is 0.416. The minimum absolute atomic E-state index is 0.359. The van der Waals surface area contributed by atoms with Gasteiger partial charge >= 0.3 is 11.9 Å². The number of anilines is 3. The van der Waals surface area contributed by atoms with Crippen LogP contribution in [0.25, 0.3) is 10.9 Å². The van der Waals surface area contributed by atoms with Crippen molar-refractivity contribution in [3.63, 3.8) is 0 Å². The van der Waals surface area contributed by atoms with Crippen molar-refractivity contribution >= 4 is 40.0 Å². The van der Waals surface area contributed by atoms with Crippen LogP contribution in [-0.4, -0.2) is 65.7 Å². The summed E-state index contributed by atoms with van der Waals surface area (Å²) in [6.45, 7) is 5.81. The zero-order valence-corrected chi connectivity index (χ0v) is 19.2. The predicted octanol–water partition coefficient (Wildman–Crippen LogP) is 0.825. The largest absolute Gasteiger partial charge is 0.492 e. The Morgan fingerprint density at radius 2 is 2.03 bits per heavy atom. The third-order valence-corrected chi connectivity index (χ3v) is 6.06. The molecular formula is C23H27N7O4. The molecule has 0 spiro atoms. The van der Waals surface area contributed by atoms with Crippen molar-refractivity contribution in [1.82, 2.24) is 20.1 Å². The van der Waals surface area contributed by atoms with Gasteiger partial charge in [-0.2, -0.15) is 5.10 Å². The molecule has 3 aromatic rings. The smallest absolute Gasteiger partial charge is 0.398 e. The number of aryl methyl sites for hydroxylation is 1. The van der Waals surface area contributed by atoms with Crippen LogP contribution in [0, 0.1) is 0 Å². The highest BCUT2D eigenvalue weighted by atomic mass is 16.6. The van der Waals surface area contributed by atoms with Crippen LogP contribution in [0.2, 0.25) is 0 Å². The van der Waals surface area contributed by atoms with Crippen molar-refractivity contribution in [2.75, 3.05) is 42.6 Å². The van der Waals surface area contributed by atoms with E-state index in [1.54, 1.807) is 10.9 Å². The summed E-state index contributed by atoms with van der Waals surface area (Å²) in [5.74, 6) is -0.996. The minimum atomic E-state index is -1.14. The van der Waals surface area contributed by atoms with Crippen LogP contribution < -0.4 is 25.6 Å². The first-order valence-corrected chi connectivity index (χ1v) is 11.3. The molecule has 0 bridgehead atoms. The standard InChI is InChI=1S/C23H27N7O4/c1-3-33-19-12-16-14(13-28(2)27-16)10-18(19)30-20(34-23(32)21(24)31)11-15-17(4-5-26-22(15)30)29-8-6-25-7-9-29/h4-5,10,12-13,20,25H,3,6-9,11H2,1-2H3,(H2,24,31). The fourth-order valence-electron chi connectivity index (χ4n) is 4.65. The highest BCUT2D eigenvalue weighted by Gasteiger charge is 2.39. The molecule has 178 valence electrons. The van der Waals surface area contributed by atoms with Crippen molar-refractivity contribution in [3.8, 4) is 5.75 Å². The van der Waals surface area contributed by atoms with E-state index < -0.39 is 18.1 Å². The lowest BCUT2D eigenvalue weighted by Crippen LogP contribution is -2.43. The Balaban J connectivity index is 1.65. The first kappa shape index (κ1) is 22.0. The maximum absolute atomic E-state index is 12.2. The third kappa shape index (κ3) is 3.87. The number of nitrogens with zero attached hydrogens (tertiary/aromatic N) is 5. The van der Waals surface area contributed by atoms with Gasteiger partial charge < -0.3 is 25.4 Å². The lowest BCUT2D eigenvalue weighted by atomic mass is 10.1. The topological polar surface area (TPSA) is 128 Å². The van der Waals surface area contributed by atoms with Crippen molar-refractivity contribution < 1.29 is 19.1 Å². The molecule has 0 saturated carbocycles. The van der Waals surface area contributed by atoms with Gasteiger partial charge in [0.25, 0.3) is 0 Å². The number of hydrogen-bond donors (Lipinski definition) is 2. The van der Waals surface area contributed by atoms with Gasteiger partial charge in [0.2, 0.25) is 0 Å². The number of amides is 1. The fourth-order valence-corrected chi connectivity index (χ4v) is 4.65. The molecule has 11 heteroatoms. The summed E-state index contributed by atoms with van der Waals surface area (Å²) in [5.41, 5.74) is 8.64. The van der Waals surface area contributed by atoms with Crippen molar-refractivity contribution in [1.29, 1.82) is 0 Å². The van der Waals surface area contributed by atoms with Crippen LogP contribution in [0.15, 0.2) is 30.6 Å². The van der Waals surface area contributed by atoms with Crippen molar-refractivity contribution in [2.45, 2.75) is 19.6 Å². The molecule has 5 rings (SSSR count). The number of benzene rings is 1. The Morgan fingerprint density at radius 3 is 2.76 bits per heavy atom. The van der Waals surface area contributed by atoms with E-state index in [9.17, 15) is 9.59 Å². The SMILES string of the molecule is CCOc1cc2nn(C)cc2cc1N1c2nccc(N3CCNCC3)c2CC1OC(=O)C(N)=O. The van der Waals surface area contributed by atoms with Gasteiger partial charge in [-0.15, -0.1) is 0 Å². The summed E-state index contributed by atoms with van der Waals surface area (Å²) in [4.78, 5) is 32.5. The Morgan fingerprint density at radius 1 is 1.24 bits per heavy atom. The number of primary amides is 1. The highest BCUT2D eigenvalue weighted by molar-refractivity contribution is 6.31. The van der Waals surface area contributed by atoms with Gasteiger partial charge in [0.05, 0.1) is 17.8 Å². The second kappa shape index (κ2) is 8.82. The maximum Gasteiger partial charge on any atom is 0.398 e. The summed E-state index contributed by atoms with van der Waals surface area (Å²) in [5, 5.41) is 8.74. The summed E-state index contributed by atoms with van der Waals surface area (Å²) < 4.78 is 13.3. The number of fused-ring (bicyclic) bond motifs is 2. The summed E-state index contributed by atoms with van der Waals surface area (Å²) in [6, 6.07) is 5.78. The van der Waals surface area contributed by atoms with Gasteiger partial charge in [-0.05, 0) is 19.1 Å². The Hall–Kier alpha value is -3.86. The predicted molar refractivity (Wildman–Crippen MR) is 126 cm³/mol. The minimum Gasteiger partial charge on any atom is -0.492 e. The molecule has 1 unspecified atom stereocenters. The van der Waals surface area contributed by atoms with E-state index in [0.29, 0.717) is 30.3 Å². The number of piperazine rings is 1.